The number of hydrogen-bond donors (Lipinski definition) is 1. The first-order valence-corrected chi connectivity index (χ1v) is 9.12. The second-order valence-electron chi connectivity index (χ2n) is 4.46. The summed E-state index contributed by atoms with van der Waals surface area (Å²) in [6, 6.07) is 11.2. The van der Waals surface area contributed by atoms with Crippen molar-refractivity contribution >= 4 is 37.1 Å². The van der Waals surface area contributed by atoms with Crippen LogP contribution in [0.1, 0.15) is 16.5 Å². The Balaban J connectivity index is 1.80. The van der Waals surface area contributed by atoms with Gasteiger partial charge in [-0.2, -0.15) is 0 Å². The molecule has 6 heteroatoms. The first-order chi connectivity index (χ1) is 9.06. The van der Waals surface area contributed by atoms with Crippen molar-refractivity contribution in [1.29, 1.82) is 0 Å². The van der Waals surface area contributed by atoms with E-state index in [0.717, 1.165) is 9.35 Å². The molecule has 1 aromatic heterocycles. The first kappa shape index (κ1) is 13.3. The quantitative estimate of drug-likeness (QED) is 0.917. The van der Waals surface area contributed by atoms with Gasteiger partial charge in [0.1, 0.15) is 0 Å². The average Bonchev–Trinajstić information content (AvgIpc) is 2.90. The summed E-state index contributed by atoms with van der Waals surface area (Å²) in [5.41, 5.74) is 0.887. The summed E-state index contributed by atoms with van der Waals surface area (Å²) in [7, 11) is -3.12. The van der Waals surface area contributed by atoms with E-state index in [0.29, 0.717) is 11.4 Å². The summed E-state index contributed by atoms with van der Waals surface area (Å²) in [6.07, 6.45) is 0. The van der Waals surface area contributed by atoms with Gasteiger partial charge in [-0.25, -0.2) is 8.42 Å². The molecule has 3 rings (SSSR count). The Kier molecular flexibility index (Phi) is 3.51. The summed E-state index contributed by atoms with van der Waals surface area (Å²) in [4.78, 5) is 1.66. The van der Waals surface area contributed by atoms with Crippen molar-refractivity contribution < 1.29 is 8.42 Å². The standard InChI is InChI=1S/C13H12BrNO2S2/c14-13-6-5-9(18-13)7-15-11-8-19(16,17)12-4-2-1-3-10(11)12/h1-6,11,15H,7-8H2. The van der Waals surface area contributed by atoms with Crippen LogP contribution in [0.25, 0.3) is 0 Å². The first-order valence-electron chi connectivity index (χ1n) is 5.85. The predicted molar refractivity (Wildman–Crippen MR) is 80.1 cm³/mol. The lowest BCUT2D eigenvalue weighted by molar-refractivity contribution is 0.569. The van der Waals surface area contributed by atoms with E-state index in [4.69, 9.17) is 0 Å². The summed E-state index contributed by atoms with van der Waals surface area (Å²) in [6.45, 7) is 0.685. The molecular weight excluding hydrogens is 346 g/mol. The maximum Gasteiger partial charge on any atom is 0.180 e. The van der Waals surface area contributed by atoms with Crippen LogP contribution in [-0.2, 0) is 16.4 Å². The van der Waals surface area contributed by atoms with E-state index in [1.807, 2.05) is 24.3 Å². The third-order valence-corrected chi connectivity index (χ3v) is 6.60. The van der Waals surface area contributed by atoms with Gasteiger partial charge in [0.15, 0.2) is 9.84 Å². The van der Waals surface area contributed by atoms with Crippen LogP contribution < -0.4 is 5.32 Å². The fourth-order valence-electron chi connectivity index (χ4n) is 2.29. The molecule has 2 heterocycles. The number of fused-ring (bicyclic) bond motifs is 1. The predicted octanol–water partition coefficient (Wildman–Crippen LogP) is 3.13. The molecule has 1 N–H and O–H groups in total. The Morgan fingerprint density at radius 3 is 2.79 bits per heavy atom. The van der Waals surface area contributed by atoms with E-state index in [1.54, 1.807) is 23.5 Å². The van der Waals surface area contributed by atoms with Gasteiger partial charge in [-0.1, -0.05) is 18.2 Å². The van der Waals surface area contributed by atoms with Crippen molar-refractivity contribution in [2.45, 2.75) is 17.5 Å². The smallest absolute Gasteiger partial charge is 0.180 e. The van der Waals surface area contributed by atoms with Gasteiger partial charge in [-0.15, -0.1) is 11.3 Å². The van der Waals surface area contributed by atoms with Crippen LogP contribution in [0.3, 0.4) is 0 Å². The maximum atomic E-state index is 12.0. The largest absolute Gasteiger partial charge is 0.304 e. The SMILES string of the molecule is O=S1(=O)CC(NCc2ccc(Br)s2)c2ccccc21. The van der Waals surface area contributed by atoms with Crippen molar-refractivity contribution in [3.8, 4) is 0 Å². The highest BCUT2D eigenvalue weighted by Gasteiger charge is 2.33. The highest BCUT2D eigenvalue weighted by Crippen LogP contribution is 2.33. The van der Waals surface area contributed by atoms with E-state index in [9.17, 15) is 8.42 Å². The van der Waals surface area contributed by atoms with Crippen LogP contribution in [-0.4, -0.2) is 14.2 Å². The molecule has 0 aliphatic carbocycles. The lowest BCUT2D eigenvalue weighted by atomic mass is 10.1. The minimum atomic E-state index is -3.12. The number of nitrogens with one attached hydrogen (secondary N) is 1. The van der Waals surface area contributed by atoms with E-state index < -0.39 is 9.84 Å². The summed E-state index contributed by atoms with van der Waals surface area (Å²) in [5.74, 6) is 0.152. The molecule has 3 nitrogen and oxygen atoms in total. The highest BCUT2D eigenvalue weighted by atomic mass is 79.9. The summed E-state index contributed by atoms with van der Waals surface area (Å²) in [5, 5.41) is 3.33. The molecule has 19 heavy (non-hydrogen) atoms. The number of thiophene rings is 1. The molecule has 0 saturated carbocycles. The maximum absolute atomic E-state index is 12.0. The molecule has 0 bridgehead atoms. The van der Waals surface area contributed by atoms with Crippen molar-refractivity contribution in [3.63, 3.8) is 0 Å². The van der Waals surface area contributed by atoms with E-state index in [-0.39, 0.29) is 11.8 Å². The van der Waals surface area contributed by atoms with Gasteiger partial charge >= 0.3 is 0 Å². The summed E-state index contributed by atoms with van der Waals surface area (Å²) >= 11 is 5.08. The minimum Gasteiger partial charge on any atom is -0.304 e. The fourth-order valence-corrected chi connectivity index (χ4v) is 5.50. The van der Waals surface area contributed by atoms with Crippen LogP contribution in [0.4, 0.5) is 0 Å². The summed E-state index contributed by atoms with van der Waals surface area (Å²) < 4.78 is 25.2. The minimum absolute atomic E-state index is 0.109. The average molecular weight is 358 g/mol. The monoisotopic (exact) mass is 357 g/mol. The van der Waals surface area contributed by atoms with Crippen LogP contribution in [0, 0.1) is 0 Å². The fraction of sp³-hybridized carbons (Fsp3) is 0.231. The molecule has 0 spiro atoms. The number of benzene rings is 1. The van der Waals surface area contributed by atoms with Gasteiger partial charge in [0.05, 0.1) is 14.4 Å². The van der Waals surface area contributed by atoms with E-state index in [1.165, 1.54) is 4.88 Å². The van der Waals surface area contributed by atoms with Gasteiger partial charge in [0.2, 0.25) is 0 Å². The molecule has 1 atom stereocenters. The molecule has 0 radical (unpaired) electrons. The zero-order valence-corrected chi connectivity index (χ0v) is 13.2. The lowest BCUT2D eigenvalue weighted by Gasteiger charge is -2.11. The Bertz CT molecular complexity index is 709. The molecule has 1 unspecified atom stereocenters. The van der Waals surface area contributed by atoms with Gasteiger partial charge in [-0.05, 0) is 39.7 Å². The Labute approximate surface area is 124 Å². The van der Waals surface area contributed by atoms with Gasteiger partial charge < -0.3 is 5.32 Å². The van der Waals surface area contributed by atoms with E-state index >= 15 is 0 Å². The molecular formula is C13H12BrNO2S2. The second-order valence-corrected chi connectivity index (χ2v) is 9.01. The van der Waals surface area contributed by atoms with Crippen molar-refractivity contribution in [1.82, 2.24) is 5.32 Å². The number of halogens is 1. The van der Waals surface area contributed by atoms with Gasteiger partial charge in [-0.3, -0.25) is 0 Å². The number of hydrogen-bond acceptors (Lipinski definition) is 4. The van der Waals surface area contributed by atoms with Crippen molar-refractivity contribution in [2.24, 2.45) is 0 Å². The molecule has 1 aliphatic heterocycles. The molecule has 1 aromatic carbocycles. The molecule has 0 amide bonds. The molecule has 0 saturated heterocycles. The van der Waals surface area contributed by atoms with Gasteiger partial charge in [0.25, 0.3) is 0 Å². The Morgan fingerprint density at radius 2 is 2.05 bits per heavy atom. The molecule has 100 valence electrons. The third kappa shape index (κ3) is 2.63. The third-order valence-electron chi connectivity index (χ3n) is 3.17. The van der Waals surface area contributed by atoms with Crippen LogP contribution in [0.2, 0.25) is 0 Å². The van der Waals surface area contributed by atoms with Crippen molar-refractivity contribution in [3.05, 3.63) is 50.6 Å². The second kappa shape index (κ2) is 5.01. The Hall–Kier alpha value is -0.690. The van der Waals surface area contributed by atoms with E-state index in [2.05, 4.69) is 21.2 Å². The lowest BCUT2D eigenvalue weighted by Crippen LogP contribution is -2.21. The normalized spacial score (nSPS) is 20.4. The van der Waals surface area contributed by atoms with Gasteiger partial charge in [0, 0.05) is 17.5 Å². The van der Waals surface area contributed by atoms with Crippen LogP contribution in [0.15, 0.2) is 45.1 Å². The van der Waals surface area contributed by atoms with Crippen LogP contribution in [0.5, 0.6) is 0 Å². The van der Waals surface area contributed by atoms with Crippen molar-refractivity contribution in [2.75, 3.05) is 5.75 Å². The van der Waals surface area contributed by atoms with Crippen LogP contribution >= 0.6 is 27.3 Å². The molecule has 1 aliphatic rings. The number of sulfone groups is 1. The highest BCUT2D eigenvalue weighted by molar-refractivity contribution is 9.11. The zero-order valence-electron chi connectivity index (χ0n) is 9.97. The molecule has 0 fully saturated rings. The number of rotatable bonds is 3. The topological polar surface area (TPSA) is 46.2 Å². The molecule has 2 aromatic rings. The zero-order chi connectivity index (χ0) is 13.5. The Morgan fingerprint density at radius 1 is 1.26 bits per heavy atom.